The highest BCUT2D eigenvalue weighted by atomic mass is 19.1. The van der Waals surface area contributed by atoms with Crippen molar-refractivity contribution in [1.29, 1.82) is 0 Å². The van der Waals surface area contributed by atoms with Crippen LogP contribution in [0.3, 0.4) is 0 Å². The van der Waals surface area contributed by atoms with Gasteiger partial charge in [0.25, 0.3) is 0 Å². The average molecular weight is 280 g/mol. The zero-order valence-corrected chi connectivity index (χ0v) is 12.1. The van der Waals surface area contributed by atoms with Gasteiger partial charge in [-0.15, -0.1) is 0 Å². The van der Waals surface area contributed by atoms with Gasteiger partial charge in [-0.2, -0.15) is 0 Å². The van der Waals surface area contributed by atoms with E-state index in [0.29, 0.717) is 0 Å². The molecule has 2 rings (SSSR count). The van der Waals surface area contributed by atoms with Crippen molar-refractivity contribution in [2.75, 3.05) is 45.9 Å². The van der Waals surface area contributed by atoms with Crippen molar-refractivity contribution in [2.24, 2.45) is 0 Å². The number of nitrogens with zero attached hydrogens (tertiary/aromatic N) is 1. The minimum absolute atomic E-state index is 0.375. The second-order valence-electron chi connectivity index (χ2n) is 5.26. The third kappa shape index (κ3) is 5.57. The van der Waals surface area contributed by atoms with Crippen LogP contribution in [0.4, 0.5) is 4.39 Å². The van der Waals surface area contributed by atoms with Crippen LogP contribution in [0.5, 0.6) is 0 Å². The van der Waals surface area contributed by atoms with Crippen molar-refractivity contribution >= 4 is 0 Å². The normalized spacial score (nSPS) is 16.4. The molecule has 0 radical (unpaired) electrons. The van der Waals surface area contributed by atoms with E-state index in [1.807, 2.05) is 24.3 Å². The van der Waals surface area contributed by atoms with Gasteiger partial charge < -0.3 is 10.1 Å². The lowest BCUT2D eigenvalue weighted by molar-refractivity contribution is 0.0375. The van der Waals surface area contributed by atoms with E-state index >= 15 is 0 Å². The first-order valence-corrected chi connectivity index (χ1v) is 7.53. The molecule has 0 spiro atoms. The number of alkyl halides is 1. The smallest absolute Gasteiger partial charge is 0.115 e. The molecule has 0 amide bonds. The first-order chi connectivity index (χ1) is 9.88. The van der Waals surface area contributed by atoms with E-state index in [1.54, 1.807) is 0 Å². The molecular formula is C16H25FN2O. The van der Waals surface area contributed by atoms with Gasteiger partial charge in [0.2, 0.25) is 0 Å². The van der Waals surface area contributed by atoms with Crippen LogP contribution in [0.1, 0.15) is 17.5 Å². The Hall–Kier alpha value is -0.970. The zero-order chi connectivity index (χ0) is 14.0. The molecule has 1 heterocycles. The third-order valence-electron chi connectivity index (χ3n) is 3.70. The fourth-order valence-electron chi connectivity index (χ4n) is 2.41. The molecule has 0 bridgehead atoms. The van der Waals surface area contributed by atoms with Gasteiger partial charge in [0.05, 0.1) is 13.2 Å². The number of benzene rings is 1. The Labute approximate surface area is 121 Å². The van der Waals surface area contributed by atoms with E-state index < -0.39 is 0 Å². The molecule has 0 aromatic heterocycles. The van der Waals surface area contributed by atoms with Crippen LogP contribution in [0.2, 0.25) is 0 Å². The summed E-state index contributed by atoms with van der Waals surface area (Å²) in [6.07, 6.45) is 2.19. The Morgan fingerprint density at radius 3 is 2.45 bits per heavy atom. The van der Waals surface area contributed by atoms with Crippen LogP contribution in [0.25, 0.3) is 0 Å². The van der Waals surface area contributed by atoms with Gasteiger partial charge in [-0.05, 0) is 43.6 Å². The number of morpholine rings is 1. The van der Waals surface area contributed by atoms with Gasteiger partial charge in [0.1, 0.15) is 6.67 Å². The summed E-state index contributed by atoms with van der Waals surface area (Å²) in [4.78, 5) is 2.46. The molecule has 1 saturated heterocycles. The topological polar surface area (TPSA) is 24.5 Å². The first-order valence-electron chi connectivity index (χ1n) is 7.53. The van der Waals surface area contributed by atoms with Crippen LogP contribution in [0, 0.1) is 0 Å². The molecular weight excluding hydrogens is 255 g/mol. The maximum absolute atomic E-state index is 12.4. The summed E-state index contributed by atoms with van der Waals surface area (Å²) in [6, 6.07) is 7.77. The lowest BCUT2D eigenvalue weighted by Gasteiger charge is -2.26. The zero-order valence-electron chi connectivity index (χ0n) is 12.1. The second kappa shape index (κ2) is 9.06. The highest BCUT2D eigenvalue weighted by Crippen LogP contribution is 2.06. The van der Waals surface area contributed by atoms with E-state index in [9.17, 15) is 4.39 Å². The molecule has 1 aromatic rings. The number of nitrogens with one attached hydrogen (secondary N) is 1. The van der Waals surface area contributed by atoms with Crippen LogP contribution in [-0.2, 0) is 17.8 Å². The molecule has 0 saturated carbocycles. The molecule has 20 heavy (non-hydrogen) atoms. The maximum Gasteiger partial charge on any atom is 0.115 e. The van der Waals surface area contributed by atoms with Gasteiger partial charge in [0, 0.05) is 13.1 Å². The van der Waals surface area contributed by atoms with E-state index in [4.69, 9.17) is 4.74 Å². The van der Waals surface area contributed by atoms with Gasteiger partial charge in [-0.3, -0.25) is 4.90 Å². The number of hydrogen-bond acceptors (Lipinski definition) is 3. The SMILES string of the molecule is FCc1ccc(CCNCCCN2CCOCC2)cc1. The van der Waals surface area contributed by atoms with Crippen molar-refractivity contribution in [3.63, 3.8) is 0 Å². The second-order valence-corrected chi connectivity index (χ2v) is 5.26. The monoisotopic (exact) mass is 280 g/mol. The molecule has 1 fully saturated rings. The van der Waals surface area contributed by atoms with Gasteiger partial charge in [-0.25, -0.2) is 4.39 Å². The number of ether oxygens (including phenoxy) is 1. The summed E-state index contributed by atoms with van der Waals surface area (Å²) in [6.45, 7) is 6.71. The Balaban J connectivity index is 1.50. The number of hydrogen-bond donors (Lipinski definition) is 1. The minimum Gasteiger partial charge on any atom is -0.379 e. The van der Waals surface area contributed by atoms with Crippen LogP contribution in [-0.4, -0.2) is 50.8 Å². The quantitative estimate of drug-likeness (QED) is 0.737. The van der Waals surface area contributed by atoms with E-state index in [-0.39, 0.29) is 6.67 Å². The van der Waals surface area contributed by atoms with E-state index in [0.717, 1.165) is 57.9 Å². The molecule has 1 aromatic carbocycles. The van der Waals surface area contributed by atoms with Crippen molar-refractivity contribution < 1.29 is 9.13 Å². The van der Waals surface area contributed by atoms with Crippen molar-refractivity contribution in [2.45, 2.75) is 19.5 Å². The summed E-state index contributed by atoms with van der Waals surface area (Å²) < 4.78 is 17.7. The van der Waals surface area contributed by atoms with Gasteiger partial charge >= 0.3 is 0 Å². The Morgan fingerprint density at radius 2 is 1.75 bits per heavy atom. The standard InChI is InChI=1S/C16H25FN2O/c17-14-16-4-2-15(3-5-16)6-8-18-7-1-9-19-10-12-20-13-11-19/h2-5,18H,1,6-14H2. The van der Waals surface area contributed by atoms with Crippen molar-refractivity contribution in [3.05, 3.63) is 35.4 Å². The molecule has 112 valence electrons. The Bertz CT molecular complexity index is 363. The summed E-state index contributed by atoms with van der Waals surface area (Å²) in [7, 11) is 0. The highest BCUT2D eigenvalue weighted by Gasteiger charge is 2.08. The lowest BCUT2D eigenvalue weighted by atomic mass is 10.1. The fourth-order valence-corrected chi connectivity index (χ4v) is 2.41. The molecule has 0 aliphatic carbocycles. The predicted molar refractivity (Wildman–Crippen MR) is 79.7 cm³/mol. The summed E-state index contributed by atoms with van der Waals surface area (Å²) in [5.74, 6) is 0. The van der Waals surface area contributed by atoms with E-state index in [1.165, 1.54) is 12.0 Å². The van der Waals surface area contributed by atoms with Crippen molar-refractivity contribution in [1.82, 2.24) is 10.2 Å². The molecule has 0 unspecified atom stereocenters. The summed E-state index contributed by atoms with van der Waals surface area (Å²) in [5.41, 5.74) is 2.02. The number of rotatable bonds is 8. The van der Waals surface area contributed by atoms with Crippen molar-refractivity contribution in [3.8, 4) is 0 Å². The minimum atomic E-state index is -0.375. The molecule has 4 heteroatoms. The Kier molecular flexibility index (Phi) is 6.98. The van der Waals surface area contributed by atoms with E-state index in [2.05, 4.69) is 10.2 Å². The average Bonchev–Trinajstić information content (AvgIpc) is 2.52. The Morgan fingerprint density at radius 1 is 1.05 bits per heavy atom. The maximum atomic E-state index is 12.4. The highest BCUT2D eigenvalue weighted by molar-refractivity contribution is 5.22. The largest absolute Gasteiger partial charge is 0.379 e. The molecule has 1 aliphatic rings. The summed E-state index contributed by atoms with van der Waals surface area (Å²) >= 11 is 0. The first kappa shape index (κ1) is 15.4. The molecule has 3 nitrogen and oxygen atoms in total. The van der Waals surface area contributed by atoms with Crippen LogP contribution in [0.15, 0.2) is 24.3 Å². The van der Waals surface area contributed by atoms with Crippen LogP contribution < -0.4 is 5.32 Å². The molecule has 1 N–H and O–H groups in total. The molecule has 0 atom stereocenters. The fraction of sp³-hybridized carbons (Fsp3) is 0.625. The van der Waals surface area contributed by atoms with Crippen LogP contribution >= 0.6 is 0 Å². The van der Waals surface area contributed by atoms with Gasteiger partial charge in [-0.1, -0.05) is 24.3 Å². The number of halogens is 1. The lowest BCUT2D eigenvalue weighted by Crippen LogP contribution is -2.37. The predicted octanol–water partition coefficient (Wildman–Crippen LogP) is 2.01. The third-order valence-corrected chi connectivity index (χ3v) is 3.70. The van der Waals surface area contributed by atoms with Gasteiger partial charge in [0.15, 0.2) is 0 Å². The summed E-state index contributed by atoms with van der Waals surface area (Å²) in [5, 5.41) is 3.47. The molecule has 1 aliphatic heterocycles.